The molecule has 1 heterocycles. The third-order valence-corrected chi connectivity index (χ3v) is 3.86. The average Bonchev–Trinajstić information content (AvgIpc) is 2.97. The number of urea groups is 1. The topological polar surface area (TPSA) is 99.8 Å². The highest BCUT2D eigenvalue weighted by Crippen LogP contribution is 2.34. The summed E-state index contributed by atoms with van der Waals surface area (Å²) in [5.74, 6) is 0.185. The molecule has 1 spiro atoms. The van der Waals surface area contributed by atoms with Crippen LogP contribution in [0.25, 0.3) is 0 Å². The summed E-state index contributed by atoms with van der Waals surface area (Å²) < 4.78 is 0. The van der Waals surface area contributed by atoms with Crippen molar-refractivity contribution in [2.24, 2.45) is 10.7 Å². The molecule has 4 N–H and O–H groups in total. The summed E-state index contributed by atoms with van der Waals surface area (Å²) in [6.07, 6.45) is 3.45. The van der Waals surface area contributed by atoms with E-state index < -0.39 is 5.54 Å². The minimum Gasteiger partial charge on any atom is -0.370 e. The lowest BCUT2D eigenvalue weighted by molar-refractivity contribution is -0.131. The van der Waals surface area contributed by atoms with E-state index in [1.54, 1.807) is 0 Å². The molecule has 8 heteroatoms. The van der Waals surface area contributed by atoms with Crippen LogP contribution in [0.3, 0.4) is 0 Å². The van der Waals surface area contributed by atoms with Gasteiger partial charge in [0.2, 0.25) is 0 Å². The maximum Gasteiger partial charge on any atom is 0.325 e. The molecule has 0 aromatic heterocycles. The molecule has 2 fully saturated rings. The van der Waals surface area contributed by atoms with Crippen molar-refractivity contribution in [3.8, 4) is 0 Å². The molecule has 124 valence electrons. The van der Waals surface area contributed by atoms with Gasteiger partial charge in [0.15, 0.2) is 5.96 Å². The molecule has 1 aliphatic heterocycles. The van der Waals surface area contributed by atoms with Crippen LogP contribution in [0.1, 0.15) is 32.6 Å². The molecule has 2 rings (SSSR count). The van der Waals surface area contributed by atoms with Gasteiger partial charge in [0.25, 0.3) is 5.91 Å². The molecule has 1 saturated heterocycles. The second-order valence-electron chi connectivity index (χ2n) is 5.76. The number of hydrogen-bond donors (Lipinski definition) is 3. The van der Waals surface area contributed by atoms with Crippen molar-refractivity contribution in [3.63, 3.8) is 0 Å². The third-order valence-electron chi connectivity index (χ3n) is 3.86. The summed E-state index contributed by atoms with van der Waals surface area (Å²) in [5, 5.41) is 5.74. The Morgan fingerprint density at radius 2 is 2.09 bits per heavy atom. The van der Waals surface area contributed by atoms with E-state index in [0.717, 1.165) is 31.3 Å². The van der Waals surface area contributed by atoms with Gasteiger partial charge in [0.05, 0.1) is 6.54 Å². The Hall–Kier alpha value is -1.32. The van der Waals surface area contributed by atoms with Crippen LogP contribution in [-0.4, -0.2) is 48.0 Å². The first-order valence-corrected chi connectivity index (χ1v) is 7.27. The first-order valence-electron chi connectivity index (χ1n) is 7.27. The van der Waals surface area contributed by atoms with Crippen molar-refractivity contribution in [1.82, 2.24) is 15.5 Å². The van der Waals surface area contributed by atoms with E-state index in [1.807, 2.05) is 6.92 Å². The molecule has 7 nitrogen and oxygen atoms in total. The molecule has 0 atom stereocenters. The SMILES string of the molecule is C=C(C)CN=C(N)NCCN1C(=O)NC2(CCCC2)C1=O.I. The number of hydrogen-bond acceptors (Lipinski definition) is 3. The van der Waals surface area contributed by atoms with Crippen molar-refractivity contribution in [2.45, 2.75) is 38.1 Å². The zero-order valence-electron chi connectivity index (χ0n) is 12.9. The zero-order valence-corrected chi connectivity index (χ0v) is 15.2. The van der Waals surface area contributed by atoms with Crippen LogP contribution in [0.5, 0.6) is 0 Å². The summed E-state index contributed by atoms with van der Waals surface area (Å²) in [5.41, 5.74) is 5.96. The van der Waals surface area contributed by atoms with Crippen molar-refractivity contribution in [2.75, 3.05) is 19.6 Å². The highest BCUT2D eigenvalue weighted by Gasteiger charge is 2.51. The number of nitrogens with one attached hydrogen (secondary N) is 2. The highest BCUT2D eigenvalue weighted by atomic mass is 127. The first kappa shape index (κ1) is 18.7. The number of carbonyl (C=O) groups excluding carboxylic acids is 2. The molecule has 0 unspecified atom stereocenters. The summed E-state index contributed by atoms with van der Waals surface area (Å²) in [4.78, 5) is 29.6. The van der Waals surface area contributed by atoms with Gasteiger partial charge in [-0.05, 0) is 19.8 Å². The number of carbonyl (C=O) groups is 2. The molecular weight excluding hydrogens is 397 g/mol. The van der Waals surface area contributed by atoms with Gasteiger partial charge in [-0.25, -0.2) is 9.79 Å². The molecule has 0 radical (unpaired) electrons. The van der Waals surface area contributed by atoms with Gasteiger partial charge in [-0.15, -0.1) is 24.0 Å². The monoisotopic (exact) mass is 421 g/mol. The van der Waals surface area contributed by atoms with Crippen LogP contribution in [0.15, 0.2) is 17.1 Å². The van der Waals surface area contributed by atoms with Crippen molar-refractivity contribution in [1.29, 1.82) is 0 Å². The van der Waals surface area contributed by atoms with E-state index in [9.17, 15) is 9.59 Å². The Morgan fingerprint density at radius 3 is 2.68 bits per heavy atom. The van der Waals surface area contributed by atoms with Crippen LogP contribution in [0.4, 0.5) is 4.79 Å². The van der Waals surface area contributed by atoms with Crippen LogP contribution in [0, 0.1) is 0 Å². The van der Waals surface area contributed by atoms with Crippen molar-refractivity contribution >= 4 is 41.9 Å². The summed E-state index contributed by atoms with van der Waals surface area (Å²) >= 11 is 0. The summed E-state index contributed by atoms with van der Waals surface area (Å²) in [6, 6.07) is -0.304. The van der Waals surface area contributed by atoms with E-state index in [1.165, 1.54) is 4.90 Å². The van der Waals surface area contributed by atoms with Crippen molar-refractivity contribution < 1.29 is 9.59 Å². The molecule has 0 aromatic rings. The fourth-order valence-electron chi connectivity index (χ4n) is 2.77. The number of halogens is 1. The van der Waals surface area contributed by atoms with E-state index in [4.69, 9.17) is 5.73 Å². The fourth-order valence-corrected chi connectivity index (χ4v) is 2.77. The molecule has 22 heavy (non-hydrogen) atoms. The Morgan fingerprint density at radius 1 is 1.45 bits per heavy atom. The van der Waals surface area contributed by atoms with Crippen LogP contribution in [-0.2, 0) is 4.79 Å². The average molecular weight is 421 g/mol. The lowest BCUT2D eigenvalue weighted by Gasteiger charge is -2.20. The normalized spacial score (nSPS) is 20.0. The van der Waals surface area contributed by atoms with Gasteiger partial charge >= 0.3 is 6.03 Å². The van der Waals surface area contributed by atoms with Crippen LogP contribution in [0.2, 0.25) is 0 Å². The molecule has 0 aromatic carbocycles. The second-order valence-corrected chi connectivity index (χ2v) is 5.76. The number of nitrogens with zero attached hydrogens (tertiary/aromatic N) is 2. The van der Waals surface area contributed by atoms with Gasteiger partial charge in [0, 0.05) is 13.1 Å². The Bertz CT molecular complexity index is 486. The third kappa shape index (κ3) is 4.11. The Labute approximate surface area is 147 Å². The van der Waals surface area contributed by atoms with Crippen LogP contribution < -0.4 is 16.4 Å². The molecule has 1 saturated carbocycles. The highest BCUT2D eigenvalue weighted by molar-refractivity contribution is 14.0. The number of imide groups is 1. The number of amides is 3. The fraction of sp³-hybridized carbons (Fsp3) is 0.643. The molecule has 0 bridgehead atoms. The molecule has 3 amide bonds. The summed E-state index contributed by atoms with van der Waals surface area (Å²) in [6.45, 7) is 6.74. The van der Waals surface area contributed by atoms with Gasteiger partial charge in [-0.1, -0.05) is 25.0 Å². The second kappa shape index (κ2) is 7.80. The maximum absolute atomic E-state index is 12.4. The van der Waals surface area contributed by atoms with Gasteiger partial charge in [-0.3, -0.25) is 9.69 Å². The van der Waals surface area contributed by atoms with E-state index >= 15 is 0 Å². The van der Waals surface area contributed by atoms with E-state index in [-0.39, 0.29) is 42.5 Å². The summed E-state index contributed by atoms with van der Waals surface area (Å²) in [7, 11) is 0. The molecular formula is C14H24IN5O2. The maximum atomic E-state index is 12.4. The number of nitrogens with two attached hydrogens (primary N) is 1. The zero-order chi connectivity index (χ0) is 15.5. The lowest BCUT2D eigenvalue weighted by atomic mass is 9.98. The minimum atomic E-state index is -0.642. The predicted molar refractivity (Wildman–Crippen MR) is 96.2 cm³/mol. The number of rotatable bonds is 5. The smallest absolute Gasteiger partial charge is 0.325 e. The van der Waals surface area contributed by atoms with E-state index in [2.05, 4.69) is 22.2 Å². The minimum absolute atomic E-state index is 0. The quantitative estimate of drug-likeness (QED) is 0.202. The first-order chi connectivity index (χ1) is 9.94. The number of guanidine groups is 1. The molecule has 1 aliphatic carbocycles. The van der Waals surface area contributed by atoms with Gasteiger partial charge < -0.3 is 16.4 Å². The van der Waals surface area contributed by atoms with Gasteiger partial charge in [-0.2, -0.15) is 0 Å². The predicted octanol–water partition coefficient (Wildman–Crippen LogP) is 0.949. The van der Waals surface area contributed by atoms with Crippen molar-refractivity contribution in [3.05, 3.63) is 12.2 Å². The van der Waals surface area contributed by atoms with Crippen LogP contribution >= 0.6 is 24.0 Å². The Balaban J connectivity index is 0.00000242. The van der Waals surface area contributed by atoms with Gasteiger partial charge in [0.1, 0.15) is 5.54 Å². The lowest BCUT2D eigenvalue weighted by Crippen LogP contribution is -2.45. The molecule has 2 aliphatic rings. The Kier molecular flexibility index (Phi) is 6.64. The number of aliphatic imine (C=N–C) groups is 1. The largest absolute Gasteiger partial charge is 0.370 e. The standard InChI is InChI=1S/C14H23N5O2.HI/c1-10(2)9-17-12(15)16-7-8-19-11(20)14(18-13(19)21)5-3-4-6-14;/h1,3-9H2,2H3,(H,18,21)(H3,15,16,17);1H. The van der Waals surface area contributed by atoms with E-state index in [0.29, 0.717) is 19.0 Å².